The van der Waals surface area contributed by atoms with Gasteiger partial charge in [-0.1, -0.05) is 19.9 Å². The molecule has 1 fully saturated rings. The third kappa shape index (κ3) is 1.63. The van der Waals surface area contributed by atoms with Crippen molar-refractivity contribution in [2.75, 3.05) is 6.54 Å². The van der Waals surface area contributed by atoms with Crippen molar-refractivity contribution in [2.45, 2.75) is 38.1 Å². The Kier molecular flexibility index (Phi) is 2.45. The van der Waals surface area contributed by atoms with Gasteiger partial charge in [0.05, 0.1) is 5.52 Å². The number of nitrogens with zero attached hydrogens (tertiary/aromatic N) is 2. The molecule has 0 atom stereocenters. The lowest BCUT2D eigenvalue weighted by Gasteiger charge is -2.23. The van der Waals surface area contributed by atoms with Gasteiger partial charge in [-0.25, -0.2) is 9.37 Å². The largest absolute Gasteiger partial charge is 0.329 e. The van der Waals surface area contributed by atoms with Gasteiger partial charge in [0.2, 0.25) is 0 Å². The number of nitrogens with two attached hydrogens (primary N) is 1. The third-order valence-corrected chi connectivity index (χ3v) is 3.70. The summed E-state index contributed by atoms with van der Waals surface area (Å²) in [7, 11) is 0. The van der Waals surface area contributed by atoms with Crippen molar-refractivity contribution in [1.82, 2.24) is 9.55 Å². The lowest BCUT2D eigenvalue weighted by atomic mass is 9.92. The molecule has 18 heavy (non-hydrogen) atoms. The van der Waals surface area contributed by atoms with Crippen LogP contribution in [0.15, 0.2) is 18.2 Å². The van der Waals surface area contributed by atoms with Gasteiger partial charge in [-0.3, -0.25) is 0 Å². The molecule has 1 aliphatic rings. The van der Waals surface area contributed by atoms with E-state index in [1.54, 1.807) is 6.07 Å². The second kappa shape index (κ2) is 3.79. The van der Waals surface area contributed by atoms with Crippen LogP contribution < -0.4 is 5.73 Å². The Hall–Kier alpha value is -1.42. The molecule has 1 saturated carbocycles. The highest BCUT2D eigenvalue weighted by molar-refractivity contribution is 5.77. The van der Waals surface area contributed by atoms with Crippen molar-refractivity contribution in [3.05, 3.63) is 29.8 Å². The predicted molar refractivity (Wildman–Crippen MR) is 70.0 cm³/mol. The maximum absolute atomic E-state index is 13.8. The molecule has 0 amide bonds. The van der Waals surface area contributed by atoms with Crippen molar-refractivity contribution in [3.8, 4) is 0 Å². The van der Waals surface area contributed by atoms with Gasteiger partial charge in [-0.05, 0) is 25.0 Å². The zero-order valence-electron chi connectivity index (χ0n) is 10.8. The summed E-state index contributed by atoms with van der Waals surface area (Å²) in [5.74, 6) is 0.661. The smallest absolute Gasteiger partial charge is 0.151 e. The van der Waals surface area contributed by atoms with Crippen molar-refractivity contribution in [3.63, 3.8) is 0 Å². The fraction of sp³-hybridized carbons (Fsp3) is 0.500. The van der Waals surface area contributed by atoms with Gasteiger partial charge in [0.1, 0.15) is 11.3 Å². The summed E-state index contributed by atoms with van der Waals surface area (Å²) in [4.78, 5) is 4.52. The number of aromatic nitrogens is 2. The average molecular weight is 247 g/mol. The first-order valence-corrected chi connectivity index (χ1v) is 6.41. The van der Waals surface area contributed by atoms with E-state index >= 15 is 0 Å². The van der Waals surface area contributed by atoms with E-state index in [0.717, 1.165) is 24.2 Å². The highest BCUT2D eigenvalue weighted by Gasteiger charge is 2.34. The summed E-state index contributed by atoms with van der Waals surface area (Å²) in [6.07, 6.45) is 2.30. The van der Waals surface area contributed by atoms with Crippen molar-refractivity contribution in [2.24, 2.45) is 5.73 Å². The summed E-state index contributed by atoms with van der Waals surface area (Å²) in [6.45, 7) is 4.63. The molecule has 3 rings (SSSR count). The molecule has 1 aromatic heterocycles. The Morgan fingerprint density at radius 1 is 1.44 bits per heavy atom. The zero-order chi connectivity index (χ0) is 12.9. The molecule has 0 bridgehead atoms. The second-order valence-electron chi connectivity index (χ2n) is 5.73. The summed E-state index contributed by atoms with van der Waals surface area (Å²) in [5.41, 5.74) is 6.98. The molecule has 1 heterocycles. The first kappa shape index (κ1) is 11.7. The van der Waals surface area contributed by atoms with E-state index in [-0.39, 0.29) is 11.2 Å². The highest BCUT2D eigenvalue weighted by Crippen LogP contribution is 2.41. The summed E-state index contributed by atoms with van der Waals surface area (Å²) < 4.78 is 16.0. The summed E-state index contributed by atoms with van der Waals surface area (Å²) in [5, 5.41) is 0. The number of rotatable bonds is 3. The molecular formula is C14H18FN3. The predicted octanol–water partition coefficient (Wildman–Crippen LogP) is 2.75. The maximum Gasteiger partial charge on any atom is 0.151 e. The third-order valence-electron chi connectivity index (χ3n) is 3.70. The van der Waals surface area contributed by atoms with Gasteiger partial charge in [0.15, 0.2) is 5.82 Å². The van der Waals surface area contributed by atoms with Crippen LogP contribution in [0.3, 0.4) is 0 Å². The fourth-order valence-corrected chi connectivity index (χ4v) is 2.35. The number of benzene rings is 1. The molecule has 0 radical (unpaired) electrons. The Labute approximate surface area is 106 Å². The van der Waals surface area contributed by atoms with Crippen LogP contribution in [0.1, 0.15) is 38.6 Å². The minimum atomic E-state index is -0.249. The zero-order valence-corrected chi connectivity index (χ0v) is 10.8. The monoisotopic (exact) mass is 247 g/mol. The molecule has 0 aliphatic heterocycles. The van der Waals surface area contributed by atoms with Crippen LogP contribution in [0.2, 0.25) is 0 Å². The first-order valence-electron chi connectivity index (χ1n) is 6.41. The Morgan fingerprint density at radius 3 is 2.78 bits per heavy atom. The standard InChI is InChI=1S/C14H18FN3/c1-14(2,8-16)13-17-12-10(15)4-3-5-11(12)18(13)9-6-7-9/h3-5,9H,6-8,16H2,1-2H3. The average Bonchev–Trinajstić information content (AvgIpc) is 3.10. The SMILES string of the molecule is CC(C)(CN)c1nc2c(F)cccc2n1C1CC1. The molecule has 96 valence electrons. The number of para-hydroxylation sites is 1. The molecular weight excluding hydrogens is 229 g/mol. The topological polar surface area (TPSA) is 43.8 Å². The van der Waals surface area contributed by atoms with Crippen LogP contribution in [0.4, 0.5) is 4.39 Å². The van der Waals surface area contributed by atoms with E-state index in [2.05, 4.69) is 23.4 Å². The van der Waals surface area contributed by atoms with E-state index in [1.165, 1.54) is 6.07 Å². The molecule has 0 unspecified atom stereocenters. The van der Waals surface area contributed by atoms with Gasteiger partial charge in [-0.2, -0.15) is 0 Å². The first-order chi connectivity index (χ1) is 8.54. The molecule has 2 N–H and O–H groups in total. The number of hydrogen-bond donors (Lipinski definition) is 1. The normalized spacial score (nSPS) is 16.4. The van der Waals surface area contributed by atoms with Crippen LogP contribution in [0, 0.1) is 5.82 Å². The van der Waals surface area contributed by atoms with Crippen molar-refractivity contribution >= 4 is 11.0 Å². The van der Waals surface area contributed by atoms with E-state index in [9.17, 15) is 4.39 Å². The Balaban J connectivity index is 2.30. The Morgan fingerprint density at radius 2 is 2.17 bits per heavy atom. The van der Waals surface area contributed by atoms with E-state index in [0.29, 0.717) is 18.1 Å². The molecule has 0 saturated heterocycles. The molecule has 1 aromatic carbocycles. The quantitative estimate of drug-likeness (QED) is 0.906. The molecule has 3 nitrogen and oxygen atoms in total. The van der Waals surface area contributed by atoms with E-state index in [1.807, 2.05) is 6.07 Å². The number of fused-ring (bicyclic) bond motifs is 1. The highest BCUT2D eigenvalue weighted by atomic mass is 19.1. The van der Waals surface area contributed by atoms with Gasteiger partial charge < -0.3 is 10.3 Å². The summed E-state index contributed by atoms with van der Waals surface area (Å²) in [6, 6.07) is 5.63. The number of imidazole rings is 1. The maximum atomic E-state index is 13.8. The van der Waals surface area contributed by atoms with Crippen molar-refractivity contribution < 1.29 is 4.39 Å². The Bertz CT molecular complexity index is 596. The number of halogens is 1. The lowest BCUT2D eigenvalue weighted by Crippen LogP contribution is -2.31. The second-order valence-corrected chi connectivity index (χ2v) is 5.73. The van der Waals surface area contributed by atoms with Gasteiger partial charge in [0, 0.05) is 18.0 Å². The van der Waals surface area contributed by atoms with E-state index < -0.39 is 0 Å². The van der Waals surface area contributed by atoms with Crippen LogP contribution in [-0.4, -0.2) is 16.1 Å². The van der Waals surface area contributed by atoms with Crippen LogP contribution >= 0.6 is 0 Å². The van der Waals surface area contributed by atoms with Gasteiger partial charge >= 0.3 is 0 Å². The molecule has 4 heteroatoms. The van der Waals surface area contributed by atoms with Crippen LogP contribution in [0.25, 0.3) is 11.0 Å². The minimum absolute atomic E-state index is 0.228. The van der Waals surface area contributed by atoms with Crippen LogP contribution in [-0.2, 0) is 5.41 Å². The number of hydrogen-bond acceptors (Lipinski definition) is 2. The lowest BCUT2D eigenvalue weighted by molar-refractivity contribution is 0.473. The van der Waals surface area contributed by atoms with E-state index in [4.69, 9.17) is 5.73 Å². The minimum Gasteiger partial charge on any atom is -0.329 e. The molecule has 2 aromatic rings. The van der Waals surface area contributed by atoms with Gasteiger partial charge in [-0.15, -0.1) is 0 Å². The fourth-order valence-electron chi connectivity index (χ4n) is 2.35. The summed E-state index contributed by atoms with van der Waals surface area (Å²) >= 11 is 0. The van der Waals surface area contributed by atoms with Crippen molar-refractivity contribution in [1.29, 1.82) is 0 Å². The van der Waals surface area contributed by atoms with Crippen LogP contribution in [0.5, 0.6) is 0 Å². The van der Waals surface area contributed by atoms with Gasteiger partial charge in [0.25, 0.3) is 0 Å². The molecule has 1 aliphatic carbocycles. The molecule has 0 spiro atoms.